The van der Waals surface area contributed by atoms with Crippen molar-refractivity contribution in [2.75, 3.05) is 7.11 Å². The summed E-state index contributed by atoms with van der Waals surface area (Å²) in [5.74, 6) is -0.556. The number of ether oxygens (including phenoxy) is 1. The molecule has 0 spiro atoms. The number of phenolic OH excluding ortho intramolecular Hbond substituents is 1. The Kier molecular flexibility index (Phi) is 7.93. The van der Waals surface area contributed by atoms with E-state index in [0.717, 1.165) is 29.5 Å². The molecule has 2 aromatic rings. The lowest BCUT2D eigenvalue weighted by Crippen LogP contribution is -2.45. The Morgan fingerprint density at radius 2 is 1.77 bits per heavy atom. The maximum absolute atomic E-state index is 13.1. The van der Waals surface area contributed by atoms with Crippen LogP contribution in [0.1, 0.15) is 74.6 Å². The first kappa shape index (κ1) is 24.5. The first-order valence-corrected chi connectivity index (χ1v) is 11.0. The first-order chi connectivity index (χ1) is 14.6. The minimum atomic E-state index is -0.706. The summed E-state index contributed by atoms with van der Waals surface area (Å²) < 4.78 is 6.78. The monoisotopic (exact) mass is 428 g/mol. The lowest BCUT2D eigenvalue weighted by Gasteiger charge is -2.32. The number of hydrogen-bond acceptors (Lipinski definition) is 4. The number of carbonyl (C=O) groups excluding carboxylic acids is 2. The molecule has 1 aromatic carbocycles. The fourth-order valence-corrected chi connectivity index (χ4v) is 4.25. The van der Waals surface area contributed by atoms with Crippen LogP contribution in [0.3, 0.4) is 0 Å². The third-order valence-corrected chi connectivity index (χ3v) is 6.39. The molecule has 2 rings (SSSR count). The van der Waals surface area contributed by atoms with E-state index in [1.807, 2.05) is 56.7 Å². The number of carbonyl (C=O) groups is 2. The lowest BCUT2D eigenvalue weighted by molar-refractivity contribution is -0.144. The van der Waals surface area contributed by atoms with Crippen LogP contribution in [-0.2, 0) is 21.5 Å². The standard InChI is InChI=1S/C25H36N2O4/c1-8-25(9-2,18-11-12-21(28)17(6)13-18)19-14-20(27(10-3)15-19)23(29)26-22(16(4)5)24(30)31-7/h11-16,22,28H,8-10H2,1-7H3,(H,26,29). The molecule has 0 aliphatic carbocycles. The predicted molar refractivity (Wildman–Crippen MR) is 122 cm³/mol. The number of hydrogen-bond donors (Lipinski definition) is 2. The van der Waals surface area contributed by atoms with Crippen LogP contribution in [0.25, 0.3) is 0 Å². The number of amides is 1. The van der Waals surface area contributed by atoms with E-state index in [-0.39, 0.29) is 23.0 Å². The molecule has 6 heteroatoms. The SMILES string of the molecule is CCn1cc(C(CC)(CC)c2ccc(O)c(C)c2)cc1C(=O)NC(C(=O)OC)C(C)C. The van der Waals surface area contributed by atoms with E-state index in [4.69, 9.17) is 4.74 Å². The minimum absolute atomic E-state index is 0.0914. The number of aryl methyl sites for hydroxylation is 2. The number of rotatable bonds is 9. The van der Waals surface area contributed by atoms with Crippen molar-refractivity contribution in [3.05, 3.63) is 52.8 Å². The van der Waals surface area contributed by atoms with Gasteiger partial charge in [0.25, 0.3) is 5.91 Å². The molecule has 170 valence electrons. The third-order valence-electron chi connectivity index (χ3n) is 6.39. The van der Waals surface area contributed by atoms with Gasteiger partial charge in [0.2, 0.25) is 0 Å². The molecule has 0 aliphatic heterocycles. The van der Waals surface area contributed by atoms with Crippen molar-refractivity contribution in [2.24, 2.45) is 5.92 Å². The van der Waals surface area contributed by atoms with Gasteiger partial charge >= 0.3 is 5.97 Å². The quantitative estimate of drug-likeness (QED) is 0.574. The number of phenols is 1. The van der Waals surface area contributed by atoms with E-state index in [0.29, 0.717) is 12.2 Å². The number of benzene rings is 1. The first-order valence-electron chi connectivity index (χ1n) is 11.0. The number of nitrogens with zero attached hydrogens (tertiary/aromatic N) is 1. The molecular weight excluding hydrogens is 392 g/mol. The molecule has 6 nitrogen and oxygen atoms in total. The zero-order valence-corrected chi connectivity index (χ0v) is 19.8. The zero-order valence-electron chi connectivity index (χ0n) is 19.8. The Hall–Kier alpha value is -2.76. The number of methoxy groups -OCH3 is 1. The van der Waals surface area contributed by atoms with Crippen molar-refractivity contribution in [3.63, 3.8) is 0 Å². The largest absolute Gasteiger partial charge is 0.508 e. The van der Waals surface area contributed by atoms with Gasteiger partial charge in [-0.1, -0.05) is 39.8 Å². The Morgan fingerprint density at radius 3 is 2.26 bits per heavy atom. The zero-order chi connectivity index (χ0) is 23.3. The molecule has 0 fully saturated rings. The molecule has 0 saturated heterocycles. The van der Waals surface area contributed by atoms with Crippen molar-refractivity contribution in [3.8, 4) is 5.75 Å². The van der Waals surface area contributed by atoms with Gasteiger partial charge in [-0.25, -0.2) is 4.79 Å². The molecule has 0 radical (unpaired) electrons. The molecule has 1 heterocycles. The van der Waals surface area contributed by atoms with Crippen LogP contribution in [0.4, 0.5) is 0 Å². The number of esters is 1. The van der Waals surface area contributed by atoms with Crippen LogP contribution in [0, 0.1) is 12.8 Å². The Bertz CT molecular complexity index is 926. The predicted octanol–water partition coefficient (Wildman–Crippen LogP) is 4.56. The molecule has 0 saturated carbocycles. The minimum Gasteiger partial charge on any atom is -0.508 e. The van der Waals surface area contributed by atoms with Crippen molar-refractivity contribution in [1.82, 2.24) is 9.88 Å². The average molecular weight is 429 g/mol. The number of nitrogens with one attached hydrogen (secondary N) is 1. The van der Waals surface area contributed by atoms with E-state index < -0.39 is 12.0 Å². The maximum atomic E-state index is 13.1. The molecule has 1 aromatic heterocycles. The van der Waals surface area contributed by atoms with Crippen LogP contribution in [0.15, 0.2) is 30.5 Å². The lowest BCUT2D eigenvalue weighted by atomic mass is 9.71. The highest BCUT2D eigenvalue weighted by Gasteiger charge is 2.34. The van der Waals surface area contributed by atoms with Gasteiger partial charge in [0.05, 0.1) is 7.11 Å². The van der Waals surface area contributed by atoms with E-state index >= 15 is 0 Å². The van der Waals surface area contributed by atoms with Crippen LogP contribution in [0.2, 0.25) is 0 Å². The van der Waals surface area contributed by atoms with Gasteiger partial charge in [0, 0.05) is 18.2 Å². The van der Waals surface area contributed by atoms with Crippen LogP contribution < -0.4 is 5.32 Å². The second kappa shape index (κ2) is 10.0. The molecule has 2 N–H and O–H groups in total. The van der Waals surface area contributed by atoms with E-state index in [1.165, 1.54) is 7.11 Å². The third kappa shape index (κ3) is 4.78. The van der Waals surface area contributed by atoms with Gasteiger partial charge in [-0.05, 0) is 61.4 Å². The number of aromatic nitrogens is 1. The molecule has 1 atom stereocenters. The summed E-state index contributed by atoms with van der Waals surface area (Å²) in [6, 6.07) is 6.95. The Morgan fingerprint density at radius 1 is 1.13 bits per heavy atom. The smallest absolute Gasteiger partial charge is 0.328 e. The highest BCUT2D eigenvalue weighted by atomic mass is 16.5. The highest BCUT2D eigenvalue weighted by Crippen LogP contribution is 2.41. The summed E-state index contributed by atoms with van der Waals surface area (Å²) in [7, 11) is 1.33. The normalized spacial score (nSPS) is 12.6. The summed E-state index contributed by atoms with van der Waals surface area (Å²) >= 11 is 0. The number of aromatic hydroxyl groups is 1. The molecule has 1 unspecified atom stereocenters. The molecule has 1 amide bonds. The molecule has 0 bridgehead atoms. The molecule has 31 heavy (non-hydrogen) atoms. The summed E-state index contributed by atoms with van der Waals surface area (Å²) in [6.45, 7) is 12.5. The molecule has 0 aliphatic rings. The van der Waals surface area contributed by atoms with Gasteiger partial charge in [-0.3, -0.25) is 4.79 Å². The summed E-state index contributed by atoms with van der Waals surface area (Å²) in [6.07, 6.45) is 3.73. The average Bonchev–Trinajstić information content (AvgIpc) is 3.19. The second-order valence-corrected chi connectivity index (χ2v) is 8.41. The maximum Gasteiger partial charge on any atom is 0.328 e. The van der Waals surface area contributed by atoms with Gasteiger partial charge in [-0.2, -0.15) is 0 Å². The topological polar surface area (TPSA) is 80.6 Å². The van der Waals surface area contributed by atoms with E-state index in [2.05, 4.69) is 19.2 Å². The van der Waals surface area contributed by atoms with Crippen molar-refractivity contribution in [2.45, 2.75) is 72.4 Å². The second-order valence-electron chi connectivity index (χ2n) is 8.41. The van der Waals surface area contributed by atoms with Gasteiger partial charge in [0.1, 0.15) is 17.5 Å². The highest BCUT2D eigenvalue weighted by molar-refractivity contribution is 5.96. The summed E-state index contributed by atoms with van der Waals surface area (Å²) in [5, 5.41) is 12.8. The summed E-state index contributed by atoms with van der Waals surface area (Å²) in [5.41, 5.74) is 3.23. The van der Waals surface area contributed by atoms with Crippen LogP contribution in [-0.4, -0.2) is 34.7 Å². The van der Waals surface area contributed by atoms with Crippen LogP contribution in [0.5, 0.6) is 5.75 Å². The Balaban J connectivity index is 2.52. The van der Waals surface area contributed by atoms with E-state index in [1.54, 1.807) is 6.07 Å². The van der Waals surface area contributed by atoms with Gasteiger partial charge in [0.15, 0.2) is 0 Å². The van der Waals surface area contributed by atoms with Gasteiger partial charge < -0.3 is 19.7 Å². The van der Waals surface area contributed by atoms with Crippen molar-refractivity contribution < 1.29 is 19.4 Å². The van der Waals surface area contributed by atoms with Crippen molar-refractivity contribution in [1.29, 1.82) is 0 Å². The fraction of sp³-hybridized carbons (Fsp3) is 0.520. The van der Waals surface area contributed by atoms with Crippen molar-refractivity contribution >= 4 is 11.9 Å². The van der Waals surface area contributed by atoms with Crippen LogP contribution >= 0.6 is 0 Å². The van der Waals surface area contributed by atoms with Gasteiger partial charge in [-0.15, -0.1) is 0 Å². The fourth-order valence-electron chi connectivity index (χ4n) is 4.25. The summed E-state index contributed by atoms with van der Waals surface area (Å²) in [4.78, 5) is 25.3. The van der Waals surface area contributed by atoms with E-state index in [9.17, 15) is 14.7 Å². The molecular formula is C25H36N2O4. The Labute approximate surface area is 185 Å².